The van der Waals surface area contributed by atoms with E-state index >= 15 is 0 Å². The van der Waals surface area contributed by atoms with Crippen LogP contribution in [-0.4, -0.2) is 23.9 Å². The number of nitrogens with two attached hydrogens (primary N) is 1. The van der Waals surface area contributed by atoms with Gasteiger partial charge in [-0.05, 0) is 31.5 Å². The van der Waals surface area contributed by atoms with E-state index in [0.717, 1.165) is 5.56 Å². The summed E-state index contributed by atoms with van der Waals surface area (Å²) in [5, 5.41) is 10.2. The van der Waals surface area contributed by atoms with E-state index in [4.69, 9.17) is 22.1 Å². The molecule has 0 heterocycles. The highest BCUT2D eigenvalue weighted by atomic mass is 35.5. The molecule has 3 nitrogen and oxygen atoms in total. The third-order valence-electron chi connectivity index (χ3n) is 2.07. The van der Waals surface area contributed by atoms with Crippen LogP contribution in [0.1, 0.15) is 12.5 Å². The minimum atomic E-state index is -1.02. The van der Waals surface area contributed by atoms with Crippen LogP contribution in [0.3, 0.4) is 0 Å². The van der Waals surface area contributed by atoms with E-state index in [9.17, 15) is 5.11 Å². The van der Waals surface area contributed by atoms with Gasteiger partial charge in [0.1, 0.15) is 18.0 Å². The molecule has 0 aromatic heterocycles. The molecule has 1 unspecified atom stereocenters. The molecule has 0 aliphatic carbocycles. The van der Waals surface area contributed by atoms with Gasteiger partial charge in [-0.1, -0.05) is 17.7 Å². The van der Waals surface area contributed by atoms with Crippen molar-refractivity contribution in [3.05, 3.63) is 28.8 Å². The standard InChI is InChI=1S/C11H16ClNO2/c1-8-3-4-9(12)10(5-8)15-7-11(2,14)6-13/h3-5,14H,6-7,13H2,1-2H3. The largest absolute Gasteiger partial charge is 0.489 e. The highest BCUT2D eigenvalue weighted by Crippen LogP contribution is 2.25. The highest BCUT2D eigenvalue weighted by Gasteiger charge is 2.19. The van der Waals surface area contributed by atoms with Gasteiger partial charge in [-0.2, -0.15) is 0 Å². The van der Waals surface area contributed by atoms with Crippen LogP contribution in [0.15, 0.2) is 18.2 Å². The van der Waals surface area contributed by atoms with Crippen molar-refractivity contribution in [1.29, 1.82) is 0 Å². The highest BCUT2D eigenvalue weighted by molar-refractivity contribution is 6.32. The Hall–Kier alpha value is -0.770. The second kappa shape index (κ2) is 4.84. The Balaban J connectivity index is 2.69. The summed E-state index contributed by atoms with van der Waals surface area (Å²) in [6.07, 6.45) is 0. The molecule has 4 heteroatoms. The summed E-state index contributed by atoms with van der Waals surface area (Å²) in [5.74, 6) is 0.574. The predicted octanol–water partition coefficient (Wildman–Crippen LogP) is 1.74. The van der Waals surface area contributed by atoms with Crippen LogP contribution in [0.5, 0.6) is 5.75 Å². The maximum Gasteiger partial charge on any atom is 0.138 e. The third kappa shape index (κ3) is 3.70. The van der Waals surface area contributed by atoms with Crippen LogP contribution >= 0.6 is 11.6 Å². The lowest BCUT2D eigenvalue weighted by molar-refractivity contribution is 0.0196. The molecule has 84 valence electrons. The summed E-state index contributed by atoms with van der Waals surface area (Å²) in [6.45, 7) is 3.85. The number of benzene rings is 1. The average Bonchev–Trinajstić information content (AvgIpc) is 2.20. The summed E-state index contributed by atoms with van der Waals surface area (Å²) in [7, 11) is 0. The fourth-order valence-corrected chi connectivity index (χ4v) is 1.19. The van der Waals surface area contributed by atoms with Crippen LogP contribution < -0.4 is 10.5 Å². The molecule has 1 aromatic carbocycles. The van der Waals surface area contributed by atoms with Gasteiger partial charge in [0, 0.05) is 6.54 Å². The first kappa shape index (κ1) is 12.3. The number of aliphatic hydroxyl groups is 1. The Morgan fingerprint density at radius 2 is 2.20 bits per heavy atom. The van der Waals surface area contributed by atoms with Crippen molar-refractivity contribution in [3.8, 4) is 5.75 Å². The first-order valence-corrected chi connectivity index (χ1v) is 5.14. The SMILES string of the molecule is Cc1ccc(Cl)c(OCC(C)(O)CN)c1. The van der Waals surface area contributed by atoms with Crippen molar-refractivity contribution in [2.45, 2.75) is 19.4 Å². The van der Waals surface area contributed by atoms with E-state index < -0.39 is 5.60 Å². The van der Waals surface area contributed by atoms with E-state index in [1.807, 2.05) is 19.1 Å². The lowest BCUT2D eigenvalue weighted by Crippen LogP contribution is -2.40. The summed E-state index contributed by atoms with van der Waals surface area (Å²) in [5.41, 5.74) is 5.41. The molecule has 1 rings (SSSR count). The molecule has 0 fully saturated rings. The fourth-order valence-electron chi connectivity index (χ4n) is 1.01. The molecule has 3 N–H and O–H groups in total. The second-order valence-electron chi connectivity index (χ2n) is 3.92. The molecule has 0 bridgehead atoms. The number of hydrogen-bond acceptors (Lipinski definition) is 3. The van der Waals surface area contributed by atoms with Gasteiger partial charge < -0.3 is 15.6 Å². The zero-order valence-electron chi connectivity index (χ0n) is 8.96. The number of rotatable bonds is 4. The van der Waals surface area contributed by atoms with Gasteiger partial charge in [0.25, 0.3) is 0 Å². The Morgan fingerprint density at radius 1 is 1.53 bits per heavy atom. The summed E-state index contributed by atoms with van der Waals surface area (Å²) < 4.78 is 5.41. The van der Waals surface area contributed by atoms with Crippen LogP contribution in [0.2, 0.25) is 5.02 Å². The van der Waals surface area contributed by atoms with E-state index in [-0.39, 0.29) is 13.2 Å². The van der Waals surface area contributed by atoms with Crippen LogP contribution in [0.25, 0.3) is 0 Å². The fraction of sp³-hybridized carbons (Fsp3) is 0.455. The molecule has 0 amide bonds. The van der Waals surface area contributed by atoms with Crippen molar-refractivity contribution in [1.82, 2.24) is 0 Å². The van der Waals surface area contributed by atoms with Gasteiger partial charge in [-0.15, -0.1) is 0 Å². The van der Waals surface area contributed by atoms with Gasteiger partial charge in [0.2, 0.25) is 0 Å². The number of hydrogen-bond donors (Lipinski definition) is 2. The van der Waals surface area contributed by atoms with Crippen LogP contribution in [0.4, 0.5) is 0 Å². The normalized spacial score (nSPS) is 14.7. The monoisotopic (exact) mass is 229 g/mol. The molecule has 1 atom stereocenters. The molecule has 0 radical (unpaired) electrons. The zero-order chi connectivity index (χ0) is 11.5. The Morgan fingerprint density at radius 3 is 2.80 bits per heavy atom. The van der Waals surface area contributed by atoms with Crippen molar-refractivity contribution in [2.75, 3.05) is 13.2 Å². The van der Waals surface area contributed by atoms with Gasteiger partial charge in [-0.3, -0.25) is 0 Å². The first-order chi connectivity index (χ1) is 6.94. The Kier molecular flexibility index (Phi) is 3.97. The predicted molar refractivity (Wildman–Crippen MR) is 61.4 cm³/mol. The van der Waals surface area contributed by atoms with Gasteiger partial charge in [0.05, 0.1) is 5.02 Å². The molecule has 15 heavy (non-hydrogen) atoms. The molecule has 0 saturated heterocycles. The molecule has 0 aliphatic heterocycles. The minimum absolute atomic E-state index is 0.132. The lowest BCUT2D eigenvalue weighted by Gasteiger charge is -2.21. The maximum atomic E-state index is 9.65. The summed E-state index contributed by atoms with van der Waals surface area (Å²) in [6, 6.07) is 5.49. The van der Waals surface area contributed by atoms with Crippen LogP contribution in [-0.2, 0) is 0 Å². The molecule has 0 saturated carbocycles. The summed E-state index contributed by atoms with van der Waals surface area (Å²) >= 11 is 5.93. The van der Waals surface area contributed by atoms with Crippen molar-refractivity contribution < 1.29 is 9.84 Å². The van der Waals surface area contributed by atoms with Gasteiger partial charge >= 0.3 is 0 Å². The van der Waals surface area contributed by atoms with Crippen molar-refractivity contribution >= 4 is 11.6 Å². The van der Waals surface area contributed by atoms with Crippen LogP contribution in [0, 0.1) is 6.92 Å². The van der Waals surface area contributed by atoms with Crippen molar-refractivity contribution in [2.24, 2.45) is 5.73 Å². The topological polar surface area (TPSA) is 55.5 Å². The average molecular weight is 230 g/mol. The number of aryl methyl sites for hydroxylation is 1. The van der Waals surface area contributed by atoms with E-state index in [2.05, 4.69) is 0 Å². The third-order valence-corrected chi connectivity index (χ3v) is 2.38. The van der Waals surface area contributed by atoms with Crippen molar-refractivity contribution in [3.63, 3.8) is 0 Å². The molecule has 0 spiro atoms. The number of ether oxygens (including phenoxy) is 1. The molecular weight excluding hydrogens is 214 g/mol. The maximum absolute atomic E-state index is 9.65. The number of halogens is 1. The first-order valence-electron chi connectivity index (χ1n) is 4.76. The molecule has 1 aromatic rings. The smallest absolute Gasteiger partial charge is 0.138 e. The van der Waals surface area contributed by atoms with E-state index in [1.54, 1.807) is 13.0 Å². The van der Waals surface area contributed by atoms with E-state index in [0.29, 0.717) is 10.8 Å². The lowest BCUT2D eigenvalue weighted by atomic mass is 10.1. The second-order valence-corrected chi connectivity index (χ2v) is 4.33. The molecular formula is C11H16ClNO2. The Bertz CT molecular complexity index is 339. The van der Waals surface area contributed by atoms with Gasteiger partial charge in [0.15, 0.2) is 0 Å². The molecule has 0 aliphatic rings. The summed E-state index contributed by atoms with van der Waals surface area (Å²) in [4.78, 5) is 0. The zero-order valence-corrected chi connectivity index (χ0v) is 9.71. The van der Waals surface area contributed by atoms with E-state index in [1.165, 1.54) is 0 Å². The quantitative estimate of drug-likeness (QED) is 0.827. The minimum Gasteiger partial charge on any atom is -0.489 e. The van der Waals surface area contributed by atoms with Gasteiger partial charge in [-0.25, -0.2) is 0 Å². The Labute approximate surface area is 94.8 Å².